The summed E-state index contributed by atoms with van der Waals surface area (Å²) >= 11 is 9.79. The van der Waals surface area contributed by atoms with Crippen LogP contribution in [0, 0.1) is 0 Å². The second kappa shape index (κ2) is 9.11. The molecule has 0 fully saturated rings. The minimum atomic E-state index is 0.444. The number of anilines is 1. The Hall–Kier alpha value is -1.97. The van der Waals surface area contributed by atoms with Crippen LogP contribution in [-0.2, 0) is 19.6 Å². The van der Waals surface area contributed by atoms with Crippen molar-refractivity contribution in [2.45, 2.75) is 26.5 Å². The van der Waals surface area contributed by atoms with Crippen molar-refractivity contribution in [3.05, 3.63) is 92.9 Å². The van der Waals surface area contributed by atoms with Crippen LogP contribution in [0.15, 0.2) is 71.2 Å². The van der Waals surface area contributed by atoms with Crippen LogP contribution in [0.5, 0.6) is 5.75 Å². The first-order valence-electron chi connectivity index (χ1n) is 8.63. The maximum absolute atomic E-state index is 6.18. The third-order valence-electron chi connectivity index (χ3n) is 4.22. The first-order chi connectivity index (χ1) is 12.7. The van der Waals surface area contributed by atoms with E-state index in [1.54, 1.807) is 0 Å². The summed E-state index contributed by atoms with van der Waals surface area (Å²) in [5.41, 5.74) is 4.67. The Morgan fingerprint density at radius 2 is 1.69 bits per heavy atom. The molecule has 0 atom stereocenters. The van der Waals surface area contributed by atoms with Gasteiger partial charge in [-0.05, 0) is 57.7 Å². The van der Waals surface area contributed by atoms with Crippen LogP contribution < -0.4 is 10.1 Å². The second-order valence-electron chi connectivity index (χ2n) is 6.01. The lowest BCUT2D eigenvalue weighted by Crippen LogP contribution is -2.02. The van der Waals surface area contributed by atoms with Gasteiger partial charge in [0.15, 0.2) is 0 Å². The number of nitrogens with one attached hydrogen (secondary N) is 1. The van der Waals surface area contributed by atoms with Gasteiger partial charge in [-0.1, -0.05) is 61.0 Å². The predicted octanol–water partition coefficient (Wildman–Crippen LogP) is 6.86. The summed E-state index contributed by atoms with van der Waals surface area (Å²) in [5, 5.41) is 4.23. The highest BCUT2D eigenvalue weighted by Gasteiger charge is 2.06. The third-order valence-corrected chi connectivity index (χ3v) is 5.21. The van der Waals surface area contributed by atoms with Crippen LogP contribution in [0.2, 0.25) is 5.02 Å². The Bertz CT molecular complexity index is 882. The smallest absolute Gasteiger partial charge is 0.134 e. The topological polar surface area (TPSA) is 21.3 Å². The molecule has 0 aliphatic carbocycles. The van der Waals surface area contributed by atoms with E-state index in [2.05, 4.69) is 64.6 Å². The summed E-state index contributed by atoms with van der Waals surface area (Å²) in [5.74, 6) is 0.808. The molecule has 0 saturated heterocycles. The van der Waals surface area contributed by atoms with Gasteiger partial charge in [-0.25, -0.2) is 0 Å². The Balaban J connectivity index is 1.63. The van der Waals surface area contributed by atoms with Gasteiger partial charge in [0.2, 0.25) is 0 Å². The summed E-state index contributed by atoms with van der Waals surface area (Å²) in [7, 11) is 0. The molecule has 4 heteroatoms. The van der Waals surface area contributed by atoms with Gasteiger partial charge in [0.1, 0.15) is 12.4 Å². The number of hydrogen-bond acceptors (Lipinski definition) is 2. The molecule has 0 spiro atoms. The SMILES string of the molecule is CCc1ccccc1NCc1ccc(OCc2ccccc2Cl)c(Br)c1. The molecule has 3 rings (SSSR count). The number of rotatable bonds is 7. The molecule has 0 aliphatic heterocycles. The Morgan fingerprint density at radius 1 is 0.962 bits per heavy atom. The normalized spacial score (nSPS) is 10.6. The predicted molar refractivity (Wildman–Crippen MR) is 113 cm³/mol. The van der Waals surface area contributed by atoms with Crippen molar-refractivity contribution in [3.63, 3.8) is 0 Å². The summed E-state index contributed by atoms with van der Waals surface area (Å²) in [6.07, 6.45) is 1.02. The van der Waals surface area contributed by atoms with Gasteiger partial charge in [-0.15, -0.1) is 0 Å². The Morgan fingerprint density at radius 3 is 2.42 bits per heavy atom. The van der Waals surface area contributed by atoms with E-state index in [1.165, 1.54) is 16.8 Å². The minimum Gasteiger partial charge on any atom is -0.488 e. The Labute approximate surface area is 168 Å². The molecule has 3 aromatic rings. The molecule has 3 aromatic carbocycles. The molecule has 26 heavy (non-hydrogen) atoms. The van der Waals surface area contributed by atoms with Crippen LogP contribution in [-0.4, -0.2) is 0 Å². The van der Waals surface area contributed by atoms with E-state index in [1.807, 2.05) is 30.3 Å². The van der Waals surface area contributed by atoms with Crippen LogP contribution >= 0.6 is 27.5 Å². The van der Waals surface area contributed by atoms with Crippen LogP contribution in [0.1, 0.15) is 23.6 Å². The van der Waals surface area contributed by atoms with Gasteiger partial charge in [0.25, 0.3) is 0 Å². The standard InChI is InChI=1S/C22H21BrClNO/c1-2-17-7-4-6-10-21(17)25-14-16-11-12-22(19(23)13-16)26-15-18-8-3-5-9-20(18)24/h3-13,25H,2,14-15H2,1H3. The highest BCUT2D eigenvalue weighted by molar-refractivity contribution is 9.10. The van der Waals surface area contributed by atoms with Gasteiger partial charge >= 0.3 is 0 Å². The Kier molecular flexibility index (Phi) is 6.59. The van der Waals surface area contributed by atoms with Crippen molar-refractivity contribution < 1.29 is 4.74 Å². The average molecular weight is 431 g/mol. The molecule has 0 aliphatic rings. The fourth-order valence-electron chi connectivity index (χ4n) is 2.74. The van der Waals surface area contributed by atoms with E-state index >= 15 is 0 Å². The molecule has 0 aromatic heterocycles. The molecule has 0 unspecified atom stereocenters. The lowest BCUT2D eigenvalue weighted by molar-refractivity contribution is 0.304. The van der Waals surface area contributed by atoms with Crippen molar-refractivity contribution in [2.24, 2.45) is 0 Å². The zero-order chi connectivity index (χ0) is 18.4. The number of halogens is 2. The lowest BCUT2D eigenvalue weighted by atomic mass is 10.1. The quantitative estimate of drug-likeness (QED) is 0.442. The summed E-state index contributed by atoms with van der Waals surface area (Å²) in [6, 6.07) is 22.3. The van der Waals surface area contributed by atoms with Gasteiger partial charge < -0.3 is 10.1 Å². The minimum absolute atomic E-state index is 0.444. The average Bonchev–Trinajstić information content (AvgIpc) is 2.67. The molecular formula is C22H21BrClNO. The summed E-state index contributed by atoms with van der Waals surface area (Å²) in [4.78, 5) is 0. The van der Waals surface area contributed by atoms with Crippen molar-refractivity contribution in [1.29, 1.82) is 0 Å². The van der Waals surface area contributed by atoms with E-state index in [4.69, 9.17) is 16.3 Å². The molecule has 0 heterocycles. The monoisotopic (exact) mass is 429 g/mol. The van der Waals surface area contributed by atoms with Crippen molar-refractivity contribution in [3.8, 4) is 5.75 Å². The highest BCUT2D eigenvalue weighted by Crippen LogP contribution is 2.28. The molecule has 1 N–H and O–H groups in total. The zero-order valence-electron chi connectivity index (χ0n) is 14.6. The number of benzene rings is 3. The van der Waals surface area contributed by atoms with Gasteiger partial charge in [-0.3, -0.25) is 0 Å². The highest BCUT2D eigenvalue weighted by atomic mass is 79.9. The summed E-state index contributed by atoms with van der Waals surface area (Å²) in [6.45, 7) is 3.38. The second-order valence-corrected chi connectivity index (χ2v) is 7.27. The van der Waals surface area contributed by atoms with Crippen molar-refractivity contribution in [1.82, 2.24) is 0 Å². The van der Waals surface area contributed by atoms with Crippen molar-refractivity contribution in [2.75, 3.05) is 5.32 Å². The number of aryl methyl sites for hydroxylation is 1. The molecule has 2 nitrogen and oxygen atoms in total. The van der Waals surface area contributed by atoms with E-state index in [0.29, 0.717) is 6.61 Å². The first-order valence-corrected chi connectivity index (χ1v) is 9.81. The molecular weight excluding hydrogens is 410 g/mol. The fourth-order valence-corrected chi connectivity index (χ4v) is 3.47. The van der Waals surface area contributed by atoms with Crippen LogP contribution in [0.25, 0.3) is 0 Å². The molecule has 0 saturated carbocycles. The van der Waals surface area contributed by atoms with E-state index in [0.717, 1.165) is 33.8 Å². The number of ether oxygens (including phenoxy) is 1. The van der Waals surface area contributed by atoms with E-state index in [-0.39, 0.29) is 0 Å². The van der Waals surface area contributed by atoms with Crippen LogP contribution in [0.4, 0.5) is 5.69 Å². The molecule has 0 bridgehead atoms. The van der Waals surface area contributed by atoms with E-state index < -0.39 is 0 Å². The molecule has 0 amide bonds. The van der Waals surface area contributed by atoms with Gasteiger partial charge in [0.05, 0.1) is 4.47 Å². The summed E-state index contributed by atoms with van der Waals surface area (Å²) < 4.78 is 6.84. The fraction of sp³-hybridized carbons (Fsp3) is 0.182. The van der Waals surface area contributed by atoms with Crippen LogP contribution in [0.3, 0.4) is 0 Å². The molecule has 134 valence electrons. The molecule has 0 radical (unpaired) electrons. The van der Waals surface area contributed by atoms with Gasteiger partial charge in [-0.2, -0.15) is 0 Å². The van der Waals surface area contributed by atoms with Gasteiger partial charge in [0, 0.05) is 22.8 Å². The van der Waals surface area contributed by atoms with Crippen molar-refractivity contribution >= 4 is 33.2 Å². The maximum Gasteiger partial charge on any atom is 0.134 e. The first kappa shape index (κ1) is 18.8. The number of para-hydroxylation sites is 1. The third kappa shape index (κ3) is 4.80. The zero-order valence-corrected chi connectivity index (χ0v) is 17.0. The largest absolute Gasteiger partial charge is 0.488 e. The number of hydrogen-bond donors (Lipinski definition) is 1. The lowest BCUT2D eigenvalue weighted by Gasteiger charge is -2.13. The van der Waals surface area contributed by atoms with E-state index in [9.17, 15) is 0 Å². The maximum atomic E-state index is 6.18.